The van der Waals surface area contributed by atoms with Crippen LogP contribution in [0.15, 0.2) is 22.0 Å². The van der Waals surface area contributed by atoms with Crippen molar-refractivity contribution < 1.29 is 14.2 Å². The van der Waals surface area contributed by atoms with E-state index in [4.69, 9.17) is 14.2 Å². The van der Waals surface area contributed by atoms with E-state index in [1.54, 1.807) is 6.20 Å². The Bertz CT molecular complexity index is 1040. The fraction of sp³-hybridized carbons (Fsp3) is 0.739. The van der Waals surface area contributed by atoms with Gasteiger partial charge in [0.15, 0.2) is 0 Å². The first-order valence-electron chi connectivity index (χ1n) is 12.0. The topological polar surface area (TPSA) is 113 Å². The van der Waals surface area contributed by atoms with Crippen molar-refractivity contribution in [2.24, 2.45) is 0 Å². The molecule has 10 heteroatoms. The zero-order valence-corrected chi connectivity index (χ0v) is 19.9. The number of nitrogens with one attached hydrogen (secondary N) is 1. The lowest BCUT2D eigenvalue weighted by molar-refractivity contribution is -0.0963. The van der Waals surface area contributed by atoms with Crippen molar-refractivity contribution in [3.8, 4) is 11.3 Å². The summed E-state index contributed by atoms with van der Waals surface area (Å²) in [6, 6.07) is 0.304. The third kappa shape index (κ3) is 5.62. The predicted molar refractivity (Wildman–Crippen MR) is 122 cm³/mol. The molecule has 2 aliphatic rings. The van der Waals surface area contributed by atoms with Crippen molar-refractivity contribution in [2.75, 3.05) is 6.61 Å². The van der Waals surface area contributed by atoms with Crippen molar-refractivity contribution in [2.45, 2.75) is 103 Å². The molecule has 2 fully saturated rings. The molecule has 1 N–H and O–H groups in total. The molecule has 1 saturated carbocycles. The highest BCUT2D eigenvalue weighted by atomic mass is 16.6. The molecular formula is C23H35N5O5. The van der Waals surface area contributed by atoms with E-state index in [0.29, 0.717) is 30.3 Å². The molecule has 4 rings (SSSR count). The molecule has 2 aromatic heterocycles. The average Bonchev–Trinajstić information content (AvgIpc) is 3.40. The van der Waals surface area contributed by atoms with Gasteiger partial charge in [0.25, 0.3) is 5.56 Å². The first kappa shape index (κ1) is 23.8. The van der Waals surface area contributed by atoms with Crippen LogP contribution in [-0.2, 0) is 14.2 Å². The standard InChI is InChI=1S/C23H35N5O5/c1-14(2)31-13-20-19(32-15(3)4)10-21(33-20)27-11-17(22(29)24-23(27)30)18-12-28(26-25-18)16-8-6-5-7-9-16/h11-12,14-16,19-21H,5-10,13H2,1-4H3,(H,24,29,30)/t19-,20-,21-/m1/s1. The van der Waals surface area contributed by atoms with Crippen LogP contribution < -0.4 is 11.2 Å². The summed E-state index contributed by atoms with van der Waals surface area (Å²) in [6.07, 6.45) is 8.48. The third-order valence-electron chi connectivity index (χ3n) is 6.23. The summed E-state index contributed by atoms with van der Waals surface area (Å²) in [6.45, 7) is 8.22. The second kappa shape index (κ2) is 10.3. The molecule has 3 heterocycles. The normalized spacial score (nSPS) is 24.2. The maximum atomic E-state index is 12.7. The van der Waals surface area contributed by atoms with Gasteiger partial charge < -0.3 is 14.2 Å². The monoisotopic (exact) mass is 461 g/mol. The molecule has 3 atom stereocenters. The van der Waals surface area contributed by atoms with Crippen LogP contribution in [0.25, 0.3) is 11.3 Å². The Kier molecular flexibility index (Phi) is 7.45. The van der Waals surface area contributed by atoms with Crippen LogP contribution in [0.5, 0.6) is 0 Å². The van der Waals surface area contributed by atoms with Crippen LogP contribution in [0, 0.1) is 0 Å². The number of ether oxygens (including phenoxy) is 3. The number of aromatic amines is 1. The number of nitrogens with zero attached hydrogens (tertiary/aromatic N) is 4. The lowest BCUT2D eigenvalue weighted by atomic mass is 9.96. The quantitative estimate of drug-likeness (QED) is 0.643. The van der Waals surface area contributed by atoms with Gasteiger partial charge in [-0.1, -0.05) is 24.5 Å². The Hall–Kier alpha value is -2.30. The van der Waals surface area contributed by atoms with Crippen LogP contribution in [0.1, 0.15) is 78.5 Å². The maximum Gasteiger partial charge on any atom is 0.330 e. The molecule has 0 bridgehead atoms. The minimum atomic E-state index is -0.578. The van der Waals surface area contributed by atoms with Gasteiger partial charge >= 0.3 is 5.69 Å². The minimum absolute atomic E-state index is 0.0107. The molecule has 0 spiro atoms. The van der Waals surface area contributed by atoms with E-state index in [0.717, 1.165) is 12.8 Å². The highest BCUT2D eigenvalue weighted by molar-refractivity contribution is 5.54. The molecule has 1 aliphatic heterocycles. The summed E-state index contributed by atoms with van der Waals surface area (Å²) in [5.41, 5.74) is -0.270. The predicted octanol–water partition coefficient (Wildman–Crippen LogP) is 2.81. The van der Waals surface area contributed by atoms with Crippen molar-refractivity contribution in [1.29, 1.82) is 0 Å². The van der Waals surface area contributed by atoms with Crippen LogP contribution in [0.3, 0.4) is 0 Å². The first-order valence-corrected chi connectivity index (χ1v) is 12.0. The summed E-state index contributed by atoms with van der Waals surface area (Å²) in [5.74, 6) is 0. The smallest absolute Gasteiger partial charge is 0.330 e. The Balaban J connectivity index is 1.58. The Morgan fingerprint density at radius 1 is 1.12 bits per heavy atom. The van der Waals surface area contributed by atoms with Gasteiger partial charge in [-0.2, -0.15) is 0 Å². The van der Waals surface area contributed by atoms with E-state index in [-0.39, 0.29) is 24.4 Å². The molecule has 1 aliphatic carbocycles. The van der Waals surface area contributed by atoms with Gasteiger partial charge in [-0.15, -0.1) is 5.10 Å². The molecule has 182 valence electrons. The van der Waals surface area contributed by atoms with Crippen molar-refractivity contribution in [1.82, 2.24) is 24.5 Å². The molecule has 1 saturated heterocycles. The SMILES string of the molecule is CC(C)OC[C@H]1O[C@@H](n2cc(-c3cn(C4CCCCC4)nn3)c(=O)[nH]c2=O)C[C@H]1OC(C)C. The lowest BCUT2D eigenvalue weighted by Gasteiger charge is -2.21. The van der Waals surface area contributed by atoms with Crippen LogP contribution in [-0.4, -0.2) is 55.6 Å². The van der Waals surface area contributed by atoms with E-state index < -0.39 is 17.5 Å². The van der Waals surface area contributed by atoms with Crippen molar-refractivity contribution in [3.05, 3.63) is 33.2 Å². The second-order valence-electron chi connectivity index (χ2n) is 9.56. The van der Waals surface area contributed by atoms with Gasteiger partial charge in [0.05, 0.1) is 42.7 Å². The maximum absolute atomic E-state index is 12.7. The number of hydrogen-bond donors (Lipinski definition) is 1. The van der Waals surface area contributed by atoms with E-state index in [2.05, 4.69) is 15.3 Å². The number of hydrogen-bond acceptors (Lipinski definition) is 7. The average molecular weight is 462 g/mol. The van der Waals surface area contributed by atoms with Gasteiger partial charge in [0.1, 0.15) is 18.0 Å². The van der Waals surface area contributed by atoms with Crippen LogP contribution in [0.2, 0.25) is 0 Å². The van der Waals surface area contributed by atoms with E-state index in [9.17, 15) is 9.59 Å². The fourth-order valence-corrected chi connectivity index (χ4v) is 4.61. The Labute approximate surface area is 193 Å². The van der Waals surface area contributed by atoms with Gasteiger partial charge in [0, 0.05) is 12.6 Å². The van der Waals surface area contributed by atoms with Gasteiger partial charge in [0.2, 0.25) is 0 Å². The summed E-state index contributed by atoms with van der Waals surface area (Å²) in [7, 11) is 0. The van der Waals surface area contributed by atoms with Crippen molar-refractivity contribution >= 4 is 0 Å². The third-order valence-corrected chi connectivity index (χ3v) is 6.23. The van der Waals surface area contributed by atoms with E-state index in [1.165, 1.54) is 30.0 Å². The summed E-state index contributed by atoms with van der Waals surface area (Å²) < 4.78 is 21.2. The van der Waals surface area contributed by atoms with E-state index in [1.807, 2.05) is 32.4 Å². The summed E-state index contributed by atoms with van der Waals surface area (Å²) in [4.78, 5) is 27.7. The molecule has 10 nitrogen and oxygen atoms in total. The molecule has 0 aromatic carbocycles. The lowest BCUT2D eigenvalue weighted by Crippen LogP contribution is -2.33. The highest BCUT2D eigenvalue weighted by Crippen LogP contribution is 2.32. The highest BCUT2D eigenvalue weighted by Gasteiger charge is 2.38. The molecule has 0 radical (unpaired) electrons. The molecule has 0 amide bonds. The van der Waals surface area contributed by atoms with E-state index >= 15 is 0 Å². The zero-order chi connectivity index (χ0) is 23.5. The molecular weight excluding hydrogens is 426 g/mol. The Morgan fingerprint density at radius 3 is 2.58 bits per heavy atom. The van der Waals surface area contributed by atoms with Crippen LogP contribution in [0.4, 0.5) is 0 Å². The van der Waals surface area contributed by atoms with Gasteiger partial charge in [-0.3, -0.25) is 14.3 Å². The first-order chi connectivity index (χ1) is 15.8. The fourth-order valence-electron chi connectivity index (χ4n) is 4.61. The minimum Gasteiger partial charge on any atom is -0.376 e. The summed E-state index contributed by atoms with van der Waals surface area (Å²) in [5, 5.41) is 8.49. The zero-order valence-electron chi connectivity index (χ0n) is 19.9. The van der Waals surface area contributed by atoms with Gasteiger partial charge in [-0.25, -0.2) is 9.48 Å². The molecule has 33 heavy (non-hydrogen) atoms. The van der Waals surface area contributed by atoms with Crippen LogP contribution >= 0.6 is 0 Å². The largest absolute Gasteiger partial charge is 0.376 e. The number of rotatable bonds is 8. The number of H-pyrrole nitrogens is 1. The van der Waals surface area contributed by atoms with Crippen molar-refractivity contribution in [3.63, 3.8) is 0 Å². The second-order valence-corrected chi connectivity index (χ2v) is 9.56. The molecule has 0 unspecified atom stereocenters. The number of aromatic nitrogens is 5. The molecule has 2 aromatic rings. The van der Waals surface area contributed by atoms with Gasteiger partial charge in [-0.05, 0) is 40.5 Å². The summed E-state index contributed by atoms with van der Waals surface area (Å²) >= 11 is 0. The Morgan fingerprint density at radius 2 is 1.88 bits per heavy atom.